The molecule has 1 rings (SSSR count). The van der Waals surface area contributed by atoms with Gasteiger partial charge in [0.25, 0.3) is 0 Å². The van der Waals surface area contributed by atoms with Crippen molar-refractivity contribution in [1.82, 2.24) is 4.90 Å². The third kappa shape index (κ3) is 5.10. The Morgan fingerprint density at radius 2 is 1.94 bits per heavy atom. The van der Waals surface area contributed by atoms with E-state index in [9.17, 15) is 8.78 Å². The molecule has 1 aromatic carbocycles. The molecule has 102 valence electrons. The van der Waals surface area contributed by atoms with Crippen molar-refractivity contribution in [3.05, 3.63) is 35.4 Å². The molecule has 0 spiro atoms. The van der Waals surface area contributed by atoms with Gasteiger partial charge in [-0.05, 0) is 56.6 Å². The molecule has 4 heteroatoms. The molecule has 0 amide bonds. The summed E-state index contributed by atoms with van der Waals surface area (Å²) < 4.78 is 25.7. The van der Waals surface area contributed by atoms with E-state index >= 15 is 0 Å². The minimum atomic E-state index is -0.788. The Morgan fingerprint density at radius 1 is 1.22 bits per heavy atom. The molecule has 0 fully saturated rings. The molecule has 0 aliphatic heterocycles. The van der Waals surface area contributed by atoms with Crippen molar-refractivity contribution in [3.63, 3.8) is 0 Å². The molecule has 0 radical (unpaired) electrons. The highest BCUT2D eigenvalue weighted by atomic mass is 19.2. The molecule has 0 heterocycles. The highest BCUT2D eigenvalue weighted by molar-refractivity contribution is 5.18. The number of benzene rings is 1. The lowest BCUT2D eigenvalue weighted by Gasteiger charge is -2.18. The number of nitrogens with two attached hydrogens (primary N) is 1. The first-order chi connectivity index (χ1) is 8.52. The van der Waals surface area contributed by atoms with Gasteiger partial charge in [-0.1, -0.05) is 13.0 Å². The summed E-state index contributed by atoms with van der Waals surface area (Å²) in [6, 6.07) is 4.08. The summed E-state index contributed by atoms with van der Waals surface area (Å²) in [6.45, 7) is 4.64. The van der Waals surface area contributed by atoms with E-state index in [1.165, 1.54) is 12.1 Å². The smallest absolute Gasteiger partial charge is 0.159 e. The van der Waals surface area contributed by atoms with Crippen LogP contribution < -0.4 is 5.73 Å². The second-order valence-corrected chi connectivity index (χ2v) is 4.93. The van der Waals surface area contributed by atoms with Crippen molar-refractivity contribution < 1.29 is 8.78 Å². The van der Waals surface area contributed by atoms with Gasteiger partial charge in [0, 0.05) is 6.54 Å². The molecule has 0 bridgehead atoms. The lowest BCUT2D eigenvalue weighted by Crippen LogP contribution is -2.25. The fourth-order valence-electron chi connectivity index (χ4n) is 1.69. The zero-order valence-corrected chi connectivity index (χ0v) is 11.1. The Balaban J connectivity index is 2.33. The van der Waals surface area contributed by atoms with Crippen molar-refractivity contribution in [2.24, 2.45) is 11.7 Å². The van der Waals surface area contributed by atoms with Crippen LogP contribution in [-0.4, -0.2) is 31.6 Å². The summed E-state index contributed by atoms with van der Waals surface area (Å²) >= 11 is 0. The summed E-state index contributed by atoms with van der Waals surface area (Å²) in [5.41, 5.74) is 6.38. The molecule has 1 aromatic rings. The van der Waals surface area contributed by atoms with Gasteiger partial charge in [-0.15, -0.1) is 0 Å². The van der Waals surface area contributed by atoms with E-state index in [0.29, 0.717) is 12.5 Å². The zero-order valence-electron chi connectivity index (χ0n) is 11.1. The fourth-order valence-corrected chi connectivity index (χ4v) is 1.69. The Morgan fingerprint density at radius 3 is 2.56 bits per heavy atom. The standard InChI is InChI=1S/C14H22F2N2/c1-11(10-17)5-7-18(2)8-6-12-3-4-13(15)14(16)9-12/h3-4,9,11H,5-8,10,17H2,1-2H3. The number of rotatable bonds is 7. The SMILES string of the molecule is CC(CN)CCN(C)CCc1ccc(F)c(F)c1. The van der Waals surface area contributed by atoms with E-state index in [4.69, 9.17) is 5.73 Å². The summed E-state index contributed by atoms with van der Waals surface area (Å²) in [7, 11) is 2.03. The van der Waals surface area contributed by atoms with Gasteiger partial charge in [0.15, 0.2) is 11.6 Å². The van der Waals surface area contributed by atoms with Crippen LogP contribution in [0.1, 0.15) is 18.9 Å². The fraction of sp³-hybridized carbons (Fsp3) is 0.571. The number of nitrogens with zero attached hydrogens (tertiary/aromatic N) is 1. The number of halogens is 2. The molecular formula is C14H22F2N2. The van der Waals surface area contributed by atoms with Crippen molar-refractivity contribution in [2.45, 2.75) is 19.8 Å². The first kappa shape index (κ1) is 15.1. The average molecular weight is 256 g/mol. The van der Waals surface area contributed by atoms with Crippen LogP contribution in [0.4, 0.5) is 8.78 Å². The highest BCUT2D eigenvalue weighted by Crippen LogP contribution is 2.10. The van der Waals surface area contributed by atoms with E-state index in [1.54, 1.807) is 6.07 Å². The van der Waals surface area contributed by atoms with Crippen molar-refractivity contribution in [1.29, 1.82) is 0 Å². The Kier molecular flexibility index (Phi) is 6.22. The van der Waals surface area contributed by atoms with Crippen molar-refractivity contribution in [2.75, 3.05) is 26.7 Å². The monoisotopic (exact) mass is 256 g/mol. The van der Waals surface area contributed by atoms with Crippen LogP contribution >= 0.6 is 0 Å². The van der Waals surface area contributed by atoms with Gasteiger partial charge in [-0.3, -0.25) is 0 Å². The van der Waals surface area contributed by atoms with Gasteiger partial charge in [-0.25, -0.2) is 8.78 Å². The quantitative estimate of drug-likeness (QED) is 0.812. The molecule has 0 saturated carbocycles. The van der Waals surface area contributed by atoms with Crippen LogP contribution in [-0.2, 0) is 6.42 Å². The van der Waals surface area contributed by atoms with Crippen LogP contribution in [0.15, 0.2) is 18.2 Å². The Hall–Kier alpha value is -1.00. The molecular weight excluding hydrogens is 234 g/mol. The highest BCUT2D eigenvalue weighted by Gasteiger charge is 2.05. The van der Waals surface area contributed by atoms with Gasteiger partial charge < -0.3 is 10.6 Å². The maximum atomic E-state index is 13.0. The maximum Gasteiger partial charge on any atom is 0.159 e. The predicted octanol–water partition coefficient (Wildman–Crippen LogP) is 2.42. The second-order valence-electron chi connectivity index (χ2n) is 4.93. The normalized spacial score (nSPS) is 13.0. The van der Waals surface area contributed by atoms with Crippen LogP contribution in [0.25, 0.3) is 0 Å². The minimum absolute atomic E-state index is 0.524. The lowest BCUT2D eigenvalue weighted by molar-refractivity contribution is 0.310. The van der Waals surface area contributed by atoms with Gasteiger partial charge in [0.1, 0.15) is 0 Å². The third-order valence-electron chi connectivity index (χ3n) is 3.17. The minimum Gasteiger partial charge on any atom is -0.330 e. The predicted molar refractivity (Wildman–Crippen MR) is 70.4 cm³/mol. The van der Waals surface area contributed by atoms with E-state index in [2.05, 4.69) is 11.8 Å². The first-order valence-corrected chi connectivity index (χ1v) is 6.35. The largest absolute Gasteiger partial charge is 0.330 e. The molecule has 2 N–H and O–H groups in total. The average Bonchev–Trinajstić information content (AvgIpc) is 2.37. The summed E-state index contributed by atoms with van der Waals surface area (Å²) in [6.07, 6.45) is 1.79. The number of hydrogen-bond donors (Lipinski definition) is 1. The summed E-state index contributed by atoms with van der Waals surface area (Å²) in [5.74, 6) is -1.04. The Labute approximate surface area is 108 Å². The van der Waals surface area contributed by atoms with Crippen LogP contribution in [0.2, 0.25) is 0 Å². The molecule has 0 aliphatic rings. The molecule has 18 heavy (non-hydrogen) atoms. The van der Waals surface area contributed by atoms with E-state index < -0.39 is 11.6 Å². The Bertz CT molecular complexity index is 369. The second kappa shape index (κ2) is 7.44. The van der Waals surface area contributed by atoms with E-state index in [-0.39, 0.29) is 0 Å². The molecule has 0 aromatic heterocycles. The van der Waals surface area contributed by atoms with Gasteiger partial charge in [-0.2, -0.15) is 0 Å². The van der Waals surface area contributed by atoms with Crippen LogP contribution in [0.5, 0.6) is 0 Å². The van der Waals surface area contributed by atoms with Crippen molar-refractivity contribution >= 4 is 0 Å². The summed E-state index contributed by atoms with van der Waals surface area (Å²) in [5, 5.41) is 0. The topological polar surface area (TPSA) is 29.3 Å². The molecule has 2 nitrogen and oxygen atoms in total. The van der Waals surface area contributed by atoms with Gasteiger partial charge in [0.2, 0.25) is 0 Å². The zero-order chi connectivity index (χ0) is 13.5. The number of hydrogen-bond acceptors (Lipinski definition) is 2. The van der Waals surface area contributed by atoms with E-state index in [0.717, 1.165) is 31.5 Å². The summed E-state index contributed by atoms with van der Waals surface area (Å²) in [4.78, 5) is 2.19. The maximum absolute atomic E-state index is 13.0. The molecule has 0 saturated heterocycles. The van der Waals surface area contributed by atoms with Crippen LogP contribution in [0.3, 0.4) is 0 Å². The molecule has 1 atom stereocenters. The molecule has 1 unspecified atom stereocenters. The van der Waals surface area contributed by atoms with Crippen LogP contribution in [0, 0.1) is 17.6 Å². The first-order valence-electron chi connectivity index (χ1n) is 6.35. The van der Waals surface area contributed by atoms with Gasteiger partial charge in [0.05, 0.1) is 0 Å². The van der Waals surface area contributed by atoms with E-state index in [1.807, 2.05) is 7.05 Å². The number of likely N-dealkylation sites (N-methyl/N-ethyl adjacent to an activating group) is 1. The van der Waals surface area contributed by atoms with Gasteiger partial charge >= 0.3 is 0 Å². The third-order valence-corrected chi connectivity index (χ3v) is 3.17. The van der Waals surface area contributed by atoms with Crippen molar-refractivity contribution in [3.8, 4) is 0 Å². The molecule has 0 aliphatic carbocycles. The lowest BCUT2D eigenvalue weighted by atomic mass is 10.1.